The Morgan fingerprint density at radius 1 is 1.22 bits per heavy atom. The van der Waals surface area contributed by atoms with Crippen LogP contribution in [0.3, 0.4) is 0 Å². The molecule has 0 bridgehead atoms. The molecule has 0 aliphatic heterocycles. The Morgan fingerprint density at radius 3 is 2.63 bits per heavy atom. The van der Waals surface area contributed by atoms with Crippen molar-refractivity contribution in [1.29, 1.82) is 0 Å². The lowest BCUT2D eigenvalue weighted by molar-refractivity contribution is -0.383. The third-order valence-corrected chi connectivity index (χ3v) is 4.76. The van der Waals surface area contributed by atoms with Gasteiger partial charge in [0, 0.05) is 6.07 Å². The lowest BCUT2D eigenvalue weighted by Crippen LogP contribution is -2.23. The maximum Gasteiger partial charge on any atom is 0.292 e. The Hall–Kier alpha value is -3.27. The summed E-state index contributed by atoms with van der Waals surface area (Å²) in [5, 5.41) is 25.2. The van der Waals surface area contributed by atoms with Gasteiger partial charge in [0.05, 0.1) is 15.9 Å². The molecule has 0 fully saturated rings. The third-order valence-electron chi connectivity index (χ3n) is 3.73. The molecule has 138 valence electrons. The number of thioether (sulfide) groups is 1. The summed E-state index contributed by atoms with van der Waals surface area (Å²) in [6.45, 7) is 3.66. The van der Waals surface area contributed by atoms with Crippen molar-refractivity contribution in [3.8, 4) is 5.69 Å². The number of carbonyl (C=O) groups is 1. The monoisotopic (exact) mass is 384 g/mol. The van der Waals surface area contributed by atoms with Crippen LogP contribution in [-0.2, 0) is 4.79 Å². The van der Waals surface area contributed by atoms with Crippen molar-refractivity contribution in [2.45, 2.75) is 24.3 Å². The van der Waals surface area contributed by atoms with Crippen LogP contribution in [0.15, 0.2) is 53.7 Å². The highest BCUT2D eigenvalue weighted by atomic mass is 32.2. The first-order chi connectivity index (χ1) is 13.0. The topological polar surface area (TPSA) is 116 Å². The van der Waals surface area contributed by atoms with E-state index in [0.29, 0.717) is 5.16 Å². The number of aryl methyl sites for hydroxylation is 1. The highest BCUT2D eigenvalue weighted by molar-refractivity contribution is 8.00. The van der Waals surface area contributed by atoms with E-state index >= 15 is 0 Å². The summed E-state index contributed by atoms with van der Waals surface area (Å²) in [4.78, 5) is 23.0. The van der Waals surface area contributed by atoms with Crippen LogP contribution in [0.5, 0.6) is 0 Å². The summed E-state index contributed by atoms with van der Waals surface area (Å²) in [6, 6.07) is 13.6. The summed E-state index contributed by atoms with van der Waals surface area (Å²) in [7, 11) is 0. The molecule has 0 aliphatic rings. The van der Waals surface area contributed by atoms with Gasteiger partial charge >= 0.3 is 0 Å². The first-order valence-electron chi connectivity index (χ1n) is 8.02. The fourth-order valence-corrected chi connectivity index (χ4v) is 3.09. The van der Waals surface area contributed by atoms with Crippen LogP contribution in [0, 0.1) is 17.0 Å². The average Bonchev–Trinajstić information content (AvgIpc) is 3.10. The zero-order valence-electron chi connectivity index (χ0n) is 14.6. The number of tetrazole rings is 1. The SMILES string of the molecule is Cc1ccc(-n2nnnc2S[C@@H](C)C(=O)Nc2ccccc2[N+](=O)[O-])cc1. The summed E-state index contributed by atoms with van der Waals surface area (Å²) in [5.41, 5.74) is 1.88. The van der Waals surface area contributed by atoms with Gasteiger partial charge in [-0.3, -0.25) is 14.9 Å². The maximum absolute atomic E-state index is 12.5. The number of aromatic nitrogens is 4. The van der Waals surface area contributed by atoms with Crippen LogP contribution in [0.2, 0.25) is 0 Å². The second-order valence-corrected chi connectivity index (χ2v) is 7.04. The number of hydrogen-bond acceptors (Lipinski definition) is 7. The molecule has 0 spiro atoms. The molecule has 27 heavy (non-hydrogen) atoms. The van der Waals surface area contributed by atoms with Gasteiger partial charge in [-0.2, -0.15) is 4.68 Å². The second-order valence-electron chi connectivity index (χ2n) is 5.73. The van der Waals surface area contributed by atoms with E-state index in [0.717, 1.165) is 23.0 Å². The minimum absolute atomic E-state index is 0.151. The molecule has 2 aromatic carbocycles. The van der Waals surface area contributed by atoms with Gasteiger partial charge in [0.25, 0.3) is 5.69 Å². The summed E-state index contributed by atoms with van der Waals surface area (Å²) in [6.07, 6.45) is 0. The standard InChI is InChI=1S/C17H16N6O3S/c1-11-7-9-13(10-8-11)22-17(19-20-21-22)27-12(2)16(24)18-14-5-3-4-6-15(14)23(25)26/h3-10,12H,1-2H3,(H,18,24)/t12-/m0/s1. The van der Waals surface area contributed by atoms with Crippen molar-refractivity contribution in [2.24, 2.45) is 0 Å². The molecule has 10 heteroatoms. The van der Waals surface area contributed by atoms with Gasteiger partial charge in [-0.15, -0.1) is 5.10 Å². The van der Waals surface area contributed by atoms with Crippen molar-refractivity contribution in [3.63, 3.8) is 0 Å². The number of hydrogen-bond donors (Lipinski definition) is 1. The van der Waals surface area contributed by atoms with Crippen molar-refractivity contribution in [3.05, 3.63) is 64.2 Å². The van der Waals surface area contributed by atoms with Crippen molar-refractivity contribution in [1.82, 2.24) is 20.2 Å². The first-order valence-corrected chi connectivity index (χ1v) is 8.90. The fraction of sp³-hybridized carbons (Fsp3) is 0.176. The molecule has 3 aromatic rings. The van der Waals surface area contributed by atoms with Crippen LogP contribution >= 0.6 is 11.8 Å². The van der Waals surface area contributed by atoms with E-state index < -0.39 is 10.2 Å². The Kier molecular flexibility index (Phi) is 5.46. The van der Waals surface area contributed by atoms with Gasteiger partial charge in [0.1, 0.15) is 5.69 Å². The number of carbonyl (C=O) groups excluding carboxylic acids is 1. The van der Waals surface area contributed by atoms with Crippen LogP contribution in [0.4, 0.5) is 11.4 Å². The molecule has 0 radical (unpaired) electrons. The average molecular weight is 384 g/mol. The van der Waals surface area contributed by atoms with E-state index in [2.05, 4.69) is 20.8 Å². The Morgan fingerprint density at radius 2 is 1.93 bits per heavy atom. The number of nitrogens with zero attached hydrogens (tertiary/aromatic N) is 5. The highest BCUT2D eigenvalue weighted by Crippen LogP contribution is 2.27. The van der Waals surface area contributed by atoms with E-state index in [1.807, 2.05) is 31.2 Å². The van der Waals surface area contributed by atoms with Gasteiger partial charge in [0.2, 0.25) is 11.1 Å². The number of benzene rings is 2. The molecule has 9 nitrogen and oxygen atoms in total. The summed E-state index contributed by atoms with van der Waals surface area (Å²) in [5.74, 6) is -0.382. The summed E-state index contributed by atoms with van der Waals surface area (Å²) >= 11 is 1.16. The molecule has 1 atom stereocenters. The van der Waals surface area contributed by atoms with E-state index in [-0.39, 0.29) is 17.3 Å². The Labute approximate surface area is 158 Å². The smallest absolute Gasteiger partial charge is 0.292 e. The second kappa shape index (κ2) is 7.96. The number of rotatable bonds is 6. The van der Waals surface area contributed by atoms with Crippen LogP contribution in [0.25, 0.3) is 5.69 Å². The van der Waals surface area contributed by atoms with Crippen LogP contribution < -0.4 is 5.32 Å². The van der Waals surface area contributed by atoms with Crippen LogP contribution in [0.1, 0.15) is 12.5 Å². The number of anilines is 1. The van der Waals surface area contributed by atoms with Gasteiger partial charge in [-0.1, -0.05) is 41.6 Å². The third kappa shape index (κ3) is 4.29. The lowest BCUT2D eigenvalue weighted by atomic mass is 10.2. The zero-order chi connectivity index (χ0) is 19.4. The zero-order valence-corrected chi connectivity index (χ0v) is 15.4. The molecule has 0 saturated carbocycles. The highest BCUT2D eigenvalue weighted by Gasteiger charge is 2.22. The first kappa shape index (κ1) is 18.5. The van der Waals surface area contributed by atoms with E-state index in [4.69, 9.17) is 0 Å². The number of nitro groups is 1. The normalized spacial score (nSPS) is 11.8. The van der Waals surface area contributed by atoms with E-state index in [9.17, 15) is 14.9 Å². The molecule has 0 aliphatic carbocycles. The largest absolute Gasteiger partial charge is 0.319 e. The Bertz CT molecular complexity index is 973. The Balaban J connectivity index is 1.74. The van der Waals surface area contributed by atoms with E-state index in [1.54, 1.807) is 23.7 Å². The van der Waals surface area contributed by atoms with Crippen molar-refractivity contribution < 1.29 is 9.72 Å². The molecule has 1 amide bonds. The number of amides is 1. The van der Waals surface area contributed by atoms with Gasteiger partial charge < -0.3 is 5.32 Å². The fourth-order valence-electron chi connectivity index (χ4n) is 2.28. The molecular formula is C17H16N6O3S. The van der Waals surface area contributed by atoms with Gasteiger partial charge in [-0.05, 0) is 42.5 Å². The molecule has 0 unspecified atom stereocenters. The minimum atomic E-state index is -0.569. The summed E-state index contributed by atoms with van der Waals surface area (Å²) < 4.78 is 1.54. The maximum atomic E-state index is 12.5. The van der Waals surface area contributed by atoms with E-state index in [1.165, 1.54) is 12.1 Å². The molecule has 1 aromatic heterocycles. The van der Waals surface area contributed by atoms with Crippen LogP contribution in [-0.4, -0.2) is 36.3 Å². The quantitative estimate of drug-likeness (QED) is 0.394. The van der Waals surface area contributed by atoms with Gasteiger partial charge in [-0.25, -0.2) is 0 Å². The molecule has 1 heterocycles. The van der Waals surface area contributed by atoms with Crippen molar-refractivity contribution >= 4 is 29.0 Å². The number of nitro benzene ring substituents is 1. The molecule has 1 N–H and O–H groups in total. The molecule has 0 saturated heterocycles. The molecular weight excluding hydrogens is 368 g/mol. The van der Waals surface area contributed by atoms with Gasteiger partial charge in [0.15, 0.2) is 0 Å². The predicted octanol–water partition coefficient (Wildman–Crippen LogP) is 3.00. The number of nitrogens with one attached hydrogen (secondary N) is 1. The predicted molar refractivity (Wildman–Crippen MR) is 101 cm³/mol. The minimum Gasteiger partial charge on any atom is -0.319 e. The molecule has 3 rings (SSSR count). The lowest BCUT2D eigenvalue weighted by Gasteiger charge is -2.12. The van der Waals surface area contributed by atoms with Crippen molar-refractivity contribution in [2.75, 3.05) is 5.32 Å². The number of para-hydroxylation sites is 2.